The molecule has 2 N–H and O–H groups in total. The molecular weight excluding hydrogens is 276 g/mol. The number of hydrogen-bond donors (Lipinski definition) is 2. The van der Waals surface area contributed by atoms with Crippen LogP contribution in [-0.4, -0.2) is 35.6 Å². The summed E-state index contributed by atoms with van der Waals surface area (Å²) < 4.78 is 0. The topological polar surface area (TPSA) is 66.0 Å². The molecule has 0 radical (unpaired) electrons. The lowest BCUT2D eigenvalue weighted by molar-refractivity contribution is 1.02. The zero-order chi connectivity index (χ0) is 14.5. The lowest BCUT2D eigenvalue weighted by Gasteiger charge is -2.14. The van der Waals surface area contributed by atoms with E-state index in [9.17, 15) is 0 Å². The van der Waals surface area contributed by atoms with Gasteiger partial charge in [0.05, 0.1) is 0 Å². The molecular formula is C13H17ClN6. The van der Waals surface area contributed by atoms with Crippen molar-refractivity contribution in [2.75, 3.05) is 36.2 Å². The third kappa shape index (κ3) is 3.71. The molecule has 0 spiro atoms. The Balaban J connectivity index is 2.23. The Morgan fingerprint density at radius 2 is 1.90 bits per heavy atom. The number of benzene rings is 1. The predicted molar refractivity (Wildman–Crippen MR) is 83.1 cm³/mol. The second-order valence-corrected chi connectivity index (χ2v) is 4.69. The molecule has 2 aromatic rings. The summed E-state index contributed by atoms with van der Waals surface area (Å²) in [5, 5.41) is 6.29. The van der Waals surface area contributed by atoms with Crippen molar-refractivity contribution in [3.8, 4) is 0 Å². The van der Waals surface area contributed by atoms with Gasteiger partial charge < -0.3 is 15.5 Å². The van der Waals surface area contributed by atoms with Gasteiger partial charge in [-0.3, -0.25) is 0 Å². The molecule has 0 atom stereocenters. The number of nitrogens with one attached hydrogen (secondary N) is 2. The summed E-state index contributed by atoms with van der Waals surface area (Å²) in [6.07, 6.45) is 0. The molecule has 0 fully saturated rings. The van der Waals surface area contributed by atoms with E-state index in [-0.39, 0.29) is 5.28 Å². The van der Waals surface area contributed by atoms with Gasteiger partial charge in [0.15, 0.2) is 0 Å². The second-order valence-electron chi connectivity index (χ2n) is 4.35. The minimum atomic E-state index is 0.155. The standard InChI is InChI=1S/C13H17ClN6/c1-4-15-12-17-11(14)18-13(19-12)16-9-6-5-7-10(8-9)20(2)3/h5-8H,4H2,1-3H3,(H2,15,16,17,18,19). The quantitative estimate of drug-likeness (QED) is 0.883. The molecule has 0 aliphatic rings. The van der Waals surface area contributed by atoms with E-state index in [1.807, 2.05) is 50.2 Å². The molecule has 0 saturated heterocycles. The van der Waals surface area contributed by atoms with Crippen LogP contribution in [0.2, 0.25) is 5.28 Å². The molecule has 0 saturated carbocycles. The van der Waals surface area contributed by atoms with Crippen LogP contribution in [0.5, 0.6) is 0 Å². The molecule has 7 heteroatoms. The fourth-order valence-corrected chi connectivity index (χ4v) is 1.79. The van der Waals surface area contributed by atoms with Crippen LogP contribution in [0.15, 0.2) is 24.3 Å². The lowest BCUT2D eigenvalue weighted by Crippen LogP contribution is -2.09. The van der Waals surface area contributed by atoms with E-state index in [1.165, 1.54) is 0 Å². The van der Waals surface area contributed by atoms with Crippen molar-refractivity contribution in [1.82, 2.24) is 15.0 Å². The fraction of sp³-hybridized carbons (Fsp3) is 0.308. The largest absolute Gasteiger partial charge is 0.378 e. The predicted octanol–water partition coefficient (Wildman–Crippen LogP) is 2.77. The zero-order valence-electron chi connectivity index (χ0n) is 11.7. The average molecular weight is 293 g/mol. The van der Waals surface area contributed by atoms with Gasteiger partial charge in [-0.1, -0.05) is 6.07 Å². The van der Waals surface area contributed by atoms with Gasteiger partial charge in [0.1, 0.15) is 0 Å². The van der Waals surface area contributed by atoms with E-state index >= 15 is 0 Å². The first kappa shape index (κ1) is 14.3. The van der Waals surface area contributed by atoms with Crippen molar-refractivity contribution in [3.63, 3.8) is 0 Å². The highest BCUT2D eigenvalue weighted by Gasteiger charge is 2.05. The van der Waals surface area contributed by atoms with Gasteiger partial charge >= 0.3 is 0 Å². The van der Waals surface area contributed by atoms with Crippen molar-refractivity contribution in [2.24, 2.45) is 0 Å². The minimum absolute atomic E-state index is 0.155. The normalized spacial score (nSPS) is 10.2. The van der Waals surface area contributed by atoms with Crippen molar-refractivity contribution < 1.29 is 0 Å². The van der Waals surface area contributed by atoms with Gasteiger partial charge in [-0.05, 0) is 36.7 Å². The maximum absolute atomic E-state index is 5.88. The van der Waals surface area contributed by atoms with Crippen LogP contribution in [0.25, 0.3) is 0 Å². The van der Waals surface area contributed by atoms with Crippen molar-refractivity contribution in [1.29, 1.82) is 0 Å². The van der Waals surface area contributed by atoms with Crippen LogP contribution in [-0.2, 0) is 0 Å². The summed E-state index contributed by atoms with van der Waals surface area (Å²) in [7, 11) is 3.98. The summed E-state index contributed by atoms with van der Waals surface area (Å²) in [4.78, 5) is 14.3. The molecule has 1 aromatic heterocycles. The molecule has 0 bridgehead atoms. The van der Waals surface area contributed by atoms with E-state index in [2.05, 4.69) is 25.6 Å². The second kappa shape index (κ2) is 6.38. The maximum Gasteiger partial charge on any atom is 0.233 e. The Kier molecular flexibility index (Phi) is 4.57. The molecule has 1 aromatic carbocycles. The van der Waals surface area contributed by atoms with Crippen molar-refractivity contribution in [3.05, 3.63) is 29.5 Å². The minimum Gasteiger partial charge on any atom is -0.378 e. The van der Waals surface area contributed by atoms with Crippen molar-refractivity contribution >= 4 is 34.9 Å². The first-order valence-electron chi connectivity index (χ1n) is 6.28. The third-order valence-electron chi connectivity index (χ3n) is 2.56. The first-order chi connectivity index (χ1) is 9.58. The number of halogens is 1. The molecule has 20 heavy (non-hydrogen) atoms. The fourth-order valence-electron chi connectivity index (χ4n) is 1.63. The monoisotopic (exact) mass is 292 g/mol. The average Bonchev–Trinajstić information content (AvgIpc) is 2.38. The molecule has 2 rings (SSSR count). The highest BCUT2D eigenvalue weighted by molar-refractivity contribution is 6.28. The Bertz CT molecular complexity index is 587. The maximum atomic E-state index is 5.88. The molecule has 0 aliphatic heterocycles. The number of anilines is 4. The number of rotatable bonds is 5. The summed E-state index contributed by atoms with van der Waals surface area (Å²) in [5.41, 5.74) is 1.97. The smallest absolute Gasteiger partial charge is 0.233 e. The lowest BCUT2D eigenvalue weighted by atomic mass is 10.2. The highest BCUT2D eigenvalue weighted by atomic mass is 35.5. The molecule has 1 heterocycles. The van der Waals surface area contributed by atoms with Gasteiger partial charge in [0.25, 0.3) is 0 Å². The van der Waals surface area contributed by atoms with Gasteiger partial charge in [0, 0.05) is 32.0 Å². The third-order valence-corrected chi connectivity index (χ3v) is 2.73. The van der Waals surface area contributed by atoms with Crippen LogP contribution in [0, 0.1) is 0 Å². The van der Waals surface area contributed by atoms with Crippen molar-refractivity contribution in [2.45, 2.75) is 6.92 Å². The Morgan fingerprint density at radius 1 is 1.15 bits per heavy atom. The van der Waals surface area contributed by atoms with Gasteiger partial charge in [0.2, 0.25) is 17.2 Å². The number of hydrogen-bond acceptors (Lipinski definition) is 6. The van der Waals surface area contributed by atoms with Gasteiger partial charge in [-0.25, -0.2) is 0 Å². The van der Waals surface area contributed by atoms with Crippen LogP contribution >= 0.6 is 11.6 Å². The van der Waals surface area contributed by atoms with Crippen LogP contribution < -0.4 is 15.5 Å². The summed E-state index contributed by atoms with van der Waals surface area (Å²) in [6.45, 7) is 2.68. The SMILES string of the molecule is CCNc1nc(Cl)nc(Nc2cccc(N(C)C)c2)n1. The van der Waals surface area contributed by atoms with E-state index in [4.69, 9.17) is 11.6 Å². The Morgan fingerprint density at radius 3 is 2.60 bits per heavy atom. The summed E-state index contributed by atoms with van der Waals surface area (Å²) in [6, 6.07) is 7.93. The summed E-state index contributed by atoms with van der Waals surface area (Å²) >= 11 is 5.88. The molecule has 0 aliphatic carbocycles. The zero-order valence-corrected chi connectivity index (χ0v) is 12.4. The van der Waals surface area contributed by atoms with Crippen LogP contribution in [0.1, 0.15) is 6.92 Å². The van der Waals surface area contributed by atoms with Crippen LogP contribution in [0.3, 0.4) is 0 Å². The molecule has 0 unspecified atom stereocenters. The summed E-state index contributed by atoms with van der Waals surface area (Å²) in [5.74, 6) is 0.871. The molecule has 6 nitrogen and oxygen atoms in total. The van der Waals surface area contributed by atoms with E-state index in [0.717, 1.165) is 17.9 Å². The first-order valence-corrected chi connectivity index (χ1v) is 6.66. The number of nitrogens with zero attached hydrogens (tertiary/aromatic N) is 4. The molecule has 0 amide bonds. The van der Waals surface area contributed by atoms with E-state index < -0.39 is 0 Å². The van der Waals surface area contributed by atoms with E-state index in [1.54, 1.807) is 0 Å². The highest BCUT2D eigenvalue weighted by Crippen LogP contribution is 2.20. The van der Waals surface area contributed by atoms with Gasteiger partial charge in [-0.15, -0.1) is 0 Å². The Hall–Kier alpha value is -2.08. The number of aromatic nitrogens is 3. The van der Waals surface area contributed by atoms with Crippen LogP contribution in [0.4, 0.5) is 23.3 Å². The van der Waals surface area contributed by atoms with E-state index in [0.29, 0.717) is 11.9 Å². The Labute approximate surface area is 123 Å². The van der Waals surface area contributed by atoms with Gasteiger partial charge in [-0.2, -0.15) is 15.0 Å². The molecule has 106 valence electrons.